The van der Waals surface area contributed by atoms with Gasteiger partial charge in [0.15, 0.2) is 0 Å². The molecule has 2 heteroatoms. The first-order valence-corrected chi connectivity index (χ1v) is 6.43. The number of nitrogens with one attached hydrogen (secondary N) is 1. The second-order valence-electron chi connectivity index (χ2n) is 2.70. The van der Waals surface area contributed by atoms with Crippen molar-refractivity contribution < 1.29 is 0 Å². The maximum Gasteiger partial charge on any atom is 0.0309 e. The molecule has 0 saturated carbocycles. The molecule has 0 spiro atoms. The summed E-state index contributed by atoms with van der Waals surface area (Å²) < 4.78 is 3.22. The molecule has 1 nitrogen and oxygen atoms in total. The van der Waals surface area contributed by atoms with Crippen molar-refractivity contribution in [2.45, 2.75) is 33.7 Å². The maximum absolute atomic E-state index is 3.22. The highest BCUT2D eigenvalue weighted by molar-refractivity contribution is 7.96. The monoisotopic (exact) mass is 211 g/mol. The Morgan fingerprint density at radius 3 is 2.00 bits per heavy atom. The van der Waals surface area contributed by atoms with Crippen LogP contribution in [-0.2, 0) is 13.0 Å². The van der Waals surface area contributed by atoms with Crippen LogP contribution in [0.1, 0.15) is 31.9 Å². The molecule has 0 heterocycles. The summed E-state index contributed by atoms with van der Waals surface area (Å²) in [5.74, 6) is 0. The van der Waals surface area contributed by atoms with Crippen LogP contribution in [0, 0.1) is 0 Å². The molecule has 0 fully saturated rings. The van der Waals surface area contributed by atoms with Gasteiger partial charge < -0.3 is 0 Å². The van der Waals surface area contributed by atoms with Crippen molar-refractivity contribution in [2.24, 2.45) is 0 Å². The van der Waals surface area contributed by atoms with Crippen LogP contribution in [0.15, 0.2) is 24.3 Å². The van der Waals surface area contributed by atoms with Crippen molar-refractivity contribution in [2.75, 3.05) is 6.26 Å². The van der Waals surface area contributed by atoms with E-state index in [1.807, 2.05) is 20.1 Å². The standard InChI is InChI=1S/C10H15NS.C2H6/c1-3-9-4-6-10(7-5-9)8-11-12-2;1-2/h4-7,11H,3,8H2,1-2H3;1-2H3. The zero-order valence-electron chi connectivity index (χ0n) is 9.63. The highest BCUT2D eigenvalue weighted by Gasteiger charge is 1.91. The molecule has 0 saturated heterocycles. The molecule has 1 rings (SSSR count). The van der Waals surface area contributed by atoms with E-state index in [-0.39, 0.29) is 0 Å². The normalized spacial score (nSPS) is 9.14. The van der Waals surface area contributed by atoms with Crippen LogP contribution in [0.2, 0.25) is 0 Å². The number of hydrogen-bond acceptors (Lipinski definition) is 2. The lowest BCUT2D eigenvalue weighted by molar-refractivity contribution is 0.975. The van der Waals surface area contributed by atoms with Gasteiger partial charge in [-0.1, -0.05) is 57.0 Å². The van der Waals surface area contributed by atoms with Crippen molar-refractivity contribution in [1.82, 2.24) is 4.72 Å². The molecular formula is C12H21NS. The smallest absolute Gasteiger partial charge is 0.0309 e. The second-order valence-corrected chi connectivity index (χ2v) is 3.39. The number of benzene rings is 1. The average Bonchev–Trinajstić information content (AvgIpc) is 2.30. The van der Waals surface area contributed by atoms with Gasteiger partial charge in [-0.3, -0.25) is 4.72 Å². The fraction of sp³-hybridized carbons (Fsp3) is 0.500. The van der Waals surface area contributed by atoms with Crippen molar-refractivity contribution in [1.29, 1.82) is 0 Å². The number of rotatable bonds is 4. The Bertz CT molecular complexity index is 218. The van der Waals surface area contributed by atoms with E-state index in [1.165, 1.54) is 11.1 Å². The van der Waals surface area contributed by atoms with Crippen LogP contribution >= 0.6 is 11.9 Å². The van der Waals surface area contributed by atoms with E-state index in [0.29, 0.717) is 0 Å². The fourth-order valence-corrected chi connectivity index (χ4v) is 1.36. The van der Waals surface area contributed by atoms with E-state index in [0.717, 1.165) is 13.0 Å². The number of aryl methyl sites for hydroxylation is 1. The summed E-state index contributed by atoms with van der Waals surface area (Å²) in [6, 6.07) is 8.75. The molecule has 0 aliphatic carbocycles. The summed E-state index contributed by atoms with van der Waals surface area (Å²) in [6.45, 7) is 7.13. The second kappa shape index (κ2) is 9.10. The van der Waals surface area contributed by atoms with Crippen LogP contribution in [0.25, 0.3) is 0 Å². The number of hydrogen-bond donors (Lipinski definition) is 1. The predicted molar refractivity (Wildman–Crippen MR) is 67.5 cm³/mol. The Hall–Kier alpha value is -0.470. The topological polar surface area (TPSA) is 12.0 Å². The predicted octanol–water partition coefficient (Wildman–Crippen LogP) is 3.64. The fourth-order valence-electron chi connectivity index (χ4n) is 1.05. The van der Waals surface area contributed by atoms with E-state index in [4.69, 9.17) is 0 Å². The summed E-state index contributed by atoms with van der Waals surface area (Å²) in [6.07, 6.45) is 3.16. The van der Waals surface area contributed by atoms with E-state index in [2.05, 4.69) is 35.9 Å². The summed E-state index contributed by atoms with van der Waals surface area (Å²) >= 11 is 1.66. The minimum Gasteiger partial charge on any atom is -0.260 e. The maximum atomic E-state index is 3.22. The third-order valence-corrected chi connectivity index (χ3v) is 2.28. The van der Waals surface area contributed by atoms with Gasteiger partial charge in [-0.2, -0.15) is 0 Å². The molecule has 0 aliphatic heterocycles. The lowest BCUT2D eigenvalue weighted by Crippen LogP contribution is -2.01. The van der Waals surface area contributed by atoms with Crippen molar-refractivity contribution in [3.05, 3.63) is 35.4 Å². The van der Waals surface area contributed by atoms with Gasteiger partial charge in [0, 0.05) is 6.54 Å². The summed E-state index contributed by atoms with van der Waals surface area (Å²) in [5, 5.41) is 0. The lowest BCUT2D eigenvalue weighted by Gasteiger charge is -2.02. The van der Waals surface area contributed by atoms with Crippen LogP contribution in [0.5, 0.6) is 0 Å². The zero-order valence-corrected chi connectivity index (χ0v) is 10.4. The molecule has 0 bridgehead atoms. The Balaban J connectivity index is 0.000000791. The van der Waals surface area contributed by atoms with Gasteiger partial charge in [0.25, 0.3) is 0 Å². The van der Waals surface area contributed by atoms with Gasteiger partial charge in [-0.25, -0.2) is 0 Å². The Kier molecular flexibility index (Phi) is 8.79. The molecule has 0 aliphatic rings. The lowest BCUT2D eigenvalue weighted by atomic mass is 10.1. The third kappa shape index (κ3) is 5.30. The van der Waals surface area contributed by atoms with Crippen molar-refractivity contribution in [3.63, 3.8) is 0 Å². The Labute approximate surface area is 92.4 Å². The minimum absolute atomic E-state index is 0.950. The van der Waals surface area contributed by atoms with Crippen molar-refractivity contribution in [3.8, 4) is 0 Å². The first-order chi connectivity index (χ1) is 6.86. The Morgan fingerprint density at radius 2 is 1.57 bits per heavy atom. The molecule has 0 aromatic heterocycles. The van der Waals surface area contributed by atoms with Gasteiger partial charge in [0.2, 0.25) is 0 Å². The molecule has 0 radical (unpaired) electrons. The minimum atomic E-state index is 0.950. The Morgan fingerprint density at radius 1 is 1.07 bits per heavy atom. The van der Waals surface area contributed by atoms with Gasteiger partial charge in [-0.05, 0) is 23.8 Å². The molecule has 1 aromatic carbocycles. The SMILES string of the molecule is CC.CCc1ccc(CNSC)cc1. The highest BCUT2D eigenvalue weighted by atomic mass is 32.2. The summed E-state index contributed by atoms with van der Waals surface area (Å²) in [7, 11) is 0. The van der Waals surface area contributed by atoms with Gasteiger partial charge in [-0.15, -0.1) is 0 Å². The van der Waals surface area contributed by atoms with Crippen LogP contribution in [-0.4, -0.2) is 6.26 Å². The molecular weight excluding hydrogens is 190 g/mol. The van der Waals surface area contributed by atoms with E-state index < -0.39 is 0 Å². The van der Waals surface area contributed by atoms with Gasteiger partial charge in [0.1, 0.15) is 0 Å². The quantitative estimate of drug-likeness (QED) is 0.763. The summed E-state index contributed by atoms with van der Waals surface area (Å²) in [5.41, 5.74) is 2.75. The molecule has 0 atom stereocenters. The summed E-state index contributed by atoms with van der Waals surface area (Å²) in [4.78, 5) is 0. The van der Waals surface area contributed by atoms with E-state index in [1.54, 1.807) is 11.9 Å². The highest BCUT2D eigenvalue weighted by Crippen LogP contribution is 2.05. The van der Waals surface area contributed by atoms with Crippen LogP contribution in [0.4, 0.5) is 0 Å². The molecule has 1 N–H and O–H groups in total. The molecule has 14 heavy (non-hydrogen) atoms. The van der Waals surface area contributed by atoms with E-state index >= 15 is 0 Å². The largest absolute Gasteiger partial charge is 0.260 e. The van der Waals surface area contributed by atoms with Crippen molar-refractivity contribution >= 4 is 11.9 Å². The van der Waals surface area contributed by atoms with Gasteiger partial charge in [0.05, 0.1) is 0 Å². The van der Waals surface area contributed by atoms with E-state index in [9.17, 15) is 0 Å². The third-order valence-electron chi connectivity index (χ3n) is 1.85. The average molecular weight is 211 g/mol. The molecule has 1 aromatic rings. The zero-order chi connectivity index (χ0) is 10.8. The first-order valence-electron chi connectivity index (χ1n) is 5.20. The van der Waals surface area contributed by atoms with Gasteiger partial charge >= 0.3 is 0 Å². The van der Waals surface area contributed by atoms with Crippen LogP contribution < -0.4 is 4.72 Å². The first kappa shape index (κ1) is 13.5. The molecule has 80 valence electrons. The molecule has 0 unspecified atom stereocenters. The van der Waals surface area contributed by atoms with Crippen LogP contribution in [0.3, 0.4) is 0 Å². The molecule has 0 amide bonds.